The lowest BCUT2D eigenvalue weighted by atomic mass is 10.2. The first-order valence-electron chi connectivity index (χ1n) is 8.22. The Labute approximate surface area is 155 Å². The first kappa shape index (κ1) is 16.4. The fourth-order valence-electron chi connectivity index (χ4n) is 2.76. The summed E-state index contributed by atoms with van der Waals surface area (Å²) in [7, 11) is 2.12. The molecule has 4 rings (SSSR count). The molecule has 126 valence electrons. The van der Waals surface area contributed by atoms with Crippen molar-refractivity contribution in [1.29, 1.82) is 0 Å². The molecular formula is C20H19N3S2. The zero-order valence-corrected chi connectivity index (χ0v) is 15.9. The highest BCUT2D eigenvalue weighted by atomic mass is 32.1. The molecule has 0 spiro atoms. The van der Waals surface area contributed by atoms with Gasteiger partial charge in [0.1, 0.15) is 10.0 Å². The van der Waals surface area contributed by atoms with E-state index in [1.54, 1.807) is 22.7 Å². The molecule has 2 aromatic heterocycles. The summed E-state index contributed by atoms with van der Waals surface area (Å²) in [5.41, 5.74) is 4.67. The maximum absolute atomic E-state index is 4.79. The van der Waals surface area contributed by atoms with Crippen molar-refractivity contribution in [2.75, 3.05) is 7.05 Å². The van der Waals surface area contributed by atoms with Crippen molar-refractivity contribution in [3.63, 3.8) is 0 Å². The lowest BCUT2D eigenvalue weighted by molar-refractivity contribution is 0.315. The summed E-state index contributed by atoms with van der Waals surface area (Å²) in [4.78, 5) is 11.8. The Balaban J connectivity index is 1.44. The fraction of sp³-hybridized carbons (Fsp3) is 0.200. The Morgan fingerprint density at radius 3 is 2.56 bits per heavy atom. The fourth-order valence-corrected chi connectivity index (χ4v) is 4.62. The highest BCUT2D eigenvalue weighted by Gasteiger charge is 2.10. The molecule has 0 fully saturated rings. The largest absolute Gasteiger partial charge is 0.294 e. The third kappa shape index (κ3) is 3.79. The van der Waals surface area contributed by atoms with E-state index in [-0.39, 0.29) is 0 Å². The number of fused-ring (bicyclic) bond motifs is 1. The van der Waals surface area contributed by atoms with E-state index in [4.69, 9.17) is 9.97 Å². The minimum atomic E-state index is 0.832. The molecule has 0 aliphatic heterocycles. The molecule has 2 heterocycles. The number of nitrogens with zero attached hydrogens (tertiary/aromatic N) is 3. The average molecular weight is 366 g/mol. The molecule has 0 radical (unpaired) electrons. The SMILES string of the molecule is Cc1ccc(-c2nc(CN(C)Cc3nc4ccccc4s3)cs2)cc1. The Morgan fingerprint density at radius 1 is 0.960 bits per heavy atom. The number of aromatic nitrogens is 2. The first-order chi connectivity index (χ1) is 12.2. The van der Waals surface area contributed by atoms with Gasteiger partial charge in [0.2, 0.25) is 0 Å². The third-order valence-corrected chi connectivity index (χ3v) is 5.99. The van der Waals surface area contributed by atoms with Gasteiger partial charge in [-0.1, -0.05) is 42.0 Å². The number of hydrogen-bond donors (Lipinski definition) is 0. The van der Waals surface area contributed by atoms with E-state index in [2.05, 4.69) is 66.7 Å². The van der Waals surface area contributed by atoms with Crippen LogP contribution in [0.25, 0.3) is 20.8 Å². The minimum Gasteiger partial charge on any atom is -0.294 e. The van der Waals surface area contributed by atoms with Crippen LogP contribution in [0.4, 0.5) is 0 Å². The van der Waals surface area contributed by atoms with Crippen molar-refractivity contribution in [2.24, 2.45) is 0 Å². The maximum Gasteiger partial charge on any atom is 0.123 e. The lowest BCUT2D eigenvalue weighted by Gasteiger charge is -2.12. The zero-order chi connectivity index (χ0) is 17.2. The molecule has 0 atom stereocenters. The van der Waals surface area contributed by atoms with Crippen LogP contribution in [0, 0.1) is 6.92 Å². The second kappa shape index (κ2) is 7.04. The van der Waals surface area contributed by atoms with Gasteiger partial charge < -0.3 is 0 Å². The predicted molar refractivity (Wildman–Crippen MR) is 107 cm³/mol. The standard InChI is InChI=1S/C20H19N3S2/c1-14-7-9-15(10-8-14)20-21-16(13-24-20)11-23(2)12-19-22-17-5-3-4-6-18(17)25-19/h3-10,13H,11-12H2,1-2H3. The van der Waals surface area contributed by atoms with Crippen LogP contribution in [0.1, 0.15) is 16.3 Å². The van der Waals surface area contributed by atoms with E-state index in [9.17, 15) is 0 Å². The van der Waals surface area contributed by atoms with E-state index < -0.39 is 0 Å². The summed E-state index contributed by atoms with van der Waals surface area (Å²) in [5.74, 6) is 0. The zero-order valence-electron chi connectivity index (χ0n) is 14.3. The molecular weight excluding hydrogens is 346 g/mol. The molecule has 0 saturated carbocycles. The number of thiazole rings is 2. The van der Waals surface area contributed by atoms with Crippen molar-refractivity contribution < 1.29 is 0 Å². The first-order valence-corrected chi connectivity index (χ1v) is 9.91. The van der Waals surface area contributed by atoms with Gasteiger partial charge in [0, 0.05) is 17.5 Å². The Kier molecular flexibility index (Phi) is 4.61. The van der Waals surface area contributed by atoms with Crippen LogP contribution in [-0.4, -0.2) is 21.9 Å². The van der Waals surface area contributed by atoms with Crippen molar-refractivity contribution in [3.05, 3.63) is 70.2 Å². The molecule has 2 aromatic carbocycles. The van der Waals surface area contributed by atoms with Gasteiger partial charge in [0.25, 0.3) is 0 Å². The third-order valence-electron chi connectivity index (χ3n) is 4.03. The van der Waals surface area contributed by atoms with E-state index >= 15 is 0 Å². The molecule has 4 aromatic rings. The van der Waals surface area contributed by atoms with Gasteiger partial charge in [-0.2, -0.15) is 0 Å². The van der Waals surface area contributed by atoms with Crippen LogP contribution in [0.5, 0.6) is 0 Å². The summed E-state index contributed by atoms with van der Waals surface area (Å²) in [6, 6.07) is 16.9. The molecule has 0 N–H and O–H groups in total. The number of aryl methyl sites for hydroxylation is 1. The smallest absolute Gasteiger partial charge is 0.123 e. The second-order valence-electron chi connectivity index (χ2n) is 6.26. The van der Waals surface area contributed by atoms with Gasteiger partial charge in [0.05, 0.1) is 22.5 Å². The number of para-hydroxylation sites is 1. The van der Waals surface area contributed by atoms with Crippen LogP contribution >= 0.6 is 22.7 Å². The van der Waals surface area contributed by atoms with Crippen LogP contribution in [0.3, 0.4) is 0 Å². The topological polar surface area (TPSA) is 29.0 Å². The summed E-state index contributed by atoms with van der Waals surface area (Å²) in [5, 5.41) is 4.39. The number of hydrogen-bond acceptors (Lipinski definition) is 5. The second-order valence-corrected chi connectivity index (χ2v) is 8.23. The van der Waals surface area contributed by atoms with Crippen LogP contribution < -0.4 is 0 Å². The molecule has 0 amide bonds. The van der Waals surface area contributed by atoms with Crippen LogP contribution in [0.2, 0.25) is 0 Å². The Hall–Kier alpha value is -2.08. The van der Waals surface area contributed by atoms with E-state index in [0.29, 0.717) is 0 Å². The molecule has 0 unspecified atom stereocenters. The quantitative estimate of drug-likeness (QED) is 0.477. The van der Waals surface area contributed by atoms with Gasteiger partial charge in [-0.3, -0.25) is 4.90 Å². The predicted octanol–water partition coefficient (Wildman–Crippen LogP) is 5.36. The molecule has 0 aliphatic carbocycles. The highest BCUT2D eigenvalue weighted by Crippen LogP contribution is 2.26. The summed E-state index contributed by atoms with van der Waals surface area (Å²) in [6.07, 6.45) is 0. The van der Waals surface area contributed by atoms with E-state index in [1.165, 1.54) is 15.8 Å². The molecule has 0 bridgehead atoms. The van der Waals surface area contributed by atoms with Gasteiger partial charge in [-0.05, 0) is 26.1 Å². The molecule has 0 aliphatic rings. The Bertz CT molecular complexity index is 953. The summed E-state index contributed by atoms with van der Waals surface area (Å²) >= 11 is 3.48. The van der Waals surface area contributed by atoms with Crippen molar-refractivity contribution >= 4 is 32.9 Å². The molecule has 0 saturated heterocycles. The molecule has 5 heteroatoms. The van der Waals surface area contributed by atoms with Gasteiger partial charge in [-0.25, -0.2) is 9.97 Å². The van der Waals surface area contributed by atoms with E-state index in [1.807, 2.05) is 6.07 Å². The normalized spacial score (nSPS) is 11.5. The van der Waals surface area contributed by atoms with Crippen LogP contribution in [0.15, 0.2) is 53.9 Å². The molecule has 25 heavy (non-hydrogen) atoms. The van der Waals surface area contributed by atoms with Gasteiger partial charge in [0.15, 0.2) is 0 Å². The Morgan fingerprint density at radius 2 is 1.76 bits per heavy atom. The van der Waals surface area contributed by atoms with Crippen molar-refractivity contribution in [1.82, 2.24) is 14.9 Å². The lowest BCUT2D eigenvalue weighted by Crippen LogP contribution is -2.17. The number of benzene rings is 2. The van der Waals surface area contributed by atoms with Crippen molar-refractivity contribution in [3.8, 4) is 10.6 Å². The van der Waals surface area contributed by atoms with Crippen LogP contribution in [-0.2, 0) is 13.1 Å². The number of rotatable bonds is 5. The summed E-state index contributed by atoms with van der Waals surface area (Å²) < 4.78 is 1.25. The average Bonchev–Trinajstić information content (AvgIpc) is 3.21. The maximum atomic E-state index is 4.79. The minimum absolute atomic E-state index is 0.832. The van der Waals surface area contributed by atoms with E-state index in [0.717, 1.165) is 34.3 Å². The van der Waals surface area contributed by atoms with Gasteiger partial charge >= 0.3 is 0 Å². The molecule has 3 nitrogen and oxygen atoms in total. The monoisotopic (exact) mass is 365 g/mol. The summed E-state index contributed by atoms with van der Waals surface area (Å²) in [6.45, 7) is 3.78. The highest BCUT2D eigenvalue weighted by molar-refractivity contribution is 7.18. The van der Waals surface area contributed by atoms with Crippen molar-refractivity contribution in [2.45, 2.75) is 20.0 Å². The van der Waals surface area contributed by atoms with Gasteiger partial charge in [-0.15, -0.1) is 22.7 Å².